The highest BCUT2D eigenvalue weighted by atomic mass is 16.5. The Kier molecular flexibility index (Phi) is 6.61. The molecule has 176 valence electrons. The lowest BCUT2D eigenvalue weighted by atomic mass is 9.78. The van der Waals surface area contributed by atoms with E-state index < -0.39 is 0 Å². The maximum atomic E-state index is 12.3. The van der Waals surface area contributed by atoms with Crippen molar-refractivity contribution in [2.45, 2.75) is 19.9 Å². The fraction of sp³-hybridized carbons (Fsp3) is 0.357. The van der Waals surface area contributed by atoms with Gasteiger partial charge in [-0.3, -0.25) is 14.7 Å². The molecule has 5 rings (SSSR count). The summed E-state index contributed by atoms with van der Waals surface area (Å²) >= 11 is 0. The van der Waals surface area contributed by atoms with Gasteiger partial charge in [0.15, 0.2) is 0 Å². The van der Waals surface area contributed by atoms with Crippen LogP contribution in [-0.2, 0) is 22.5 Å². The Labute approximate surface area is 200 Å². The molecule has 0 radical (unpaired) electrons. The van der Waals surface area contributed by atoms with Crippen LogP contribution in [0, 0.1) is 12.3 Å². The van der Waals surface area contributed by atoms with Crippen LogP contribution in [0.1, 0.15) is 16.8 Å². The first-order chi connectivity index (χ1) is 16.6. The Bertz CT molecular complexity index is 1120. The first-order valence-corrected chi connectivity index (χ1v) is 11.9. The zero-order valence-corrected chi connectivity index (χ0v) is 19.6. The number of nitrogens with one attached hydrogen (secondary N) is 1. The molecule has 3 heterocycles. The van der Waals surface area contributed by atoms with E-state index in [1.807, 2.05) is 54.7 Å². The summed E-state index contributed by atoms with van der Waals surface area (Å²) in [5.41, 5.74) is 5.59. The van der Waals surface area contributed by atoms with Gasteiger partial charge in [-0.25, -0.2) is 0 Å². The molecule has 2 saturated heterocycles. The van der Waals surface area contributed by atoms with Gasteiger partial charge in [0.25, 0.3) is 0 Å². The van der Waals surface area contributed by atoms with Crippen molar-refractivity contribution in [1.29, 1.82) is 0 Å². The van der Waals surface area contributed by atoms with Crippen molar-refractivity contribution >= 4 is 5.91 Å². The van der Waals surface area contributed by atoms with E-state index in [0.717, 1.165) is 66.5 Å². The SMILES string of the molecule is Cc1cc(OCCN2CC3(COC3)C2)ccc1-c1ccc(CC(=O)NCc2ccccc2)nc1. The number of hydrogen-bond donors (Lipinski definition) is 1. The number of likely N-dealkylation sites (tertiary alicyclic amines) is 1. The first kappa shape index (κ1) is 22.6. The molecule has 1 spiro atoms. The molecule has 0 unspecified atom stereocenters. The van der Waals surface area contributed by atoms with Gasteiger partial charge in [-0.15, -0.1) is 0 Å². The number of ether oxygens (including phenoxy) is 2. The minimum Gasteiger partial charge on any atom is -0.492 e. The van der Waals surface area contributed by atoms with Crippen LogP contribution < -0.4 is 10.1 Å². The Morgan fingerprint density at radius 3 is 2.62 bits per heavy atom. The van der Waals surface area contributed by atoms with Gasteiger partial charge in [-0.2, -0.15) is 0 Å². The number of aromatic nitrogens is 1. The molecule has 1 N–H and O–H groups in total. The molecule has 6 nitrogen and oxygen atoms in total. The zero-order chi connectivity index (χ0) is 23.4. The van der Waals surface area contributed by atoms with Gasteiger partial charge < -0.3 is 14.8 Å². The van der Waals surface area contributed by atoms with E-state index in [0.29, 0.717) is 18.6 Å². The van der Waals surface area contributed by atoms with Gasteiger partial charge in [0.05, 0.1) is 19.6 Å². The Morgan fingerprint density at radius 2 is 1.94 bits per heavy atom. The predicted octanol–water partition coefficient (Wildman–Crippen LogP) is 3.63. The molecule has 2 fully saturated rings. The lowest BCUT2D eigenvalue weighted by Gasteiger charge is -2.55. The minimum absolute atomic E-state index is 0.0313. The summed E-state index contributed by atoms with van der Waals surface area (Å²) in [5.74, 6) is 0.860. The Morgan fingerprint density at radius 1 is 1.12 bits per heavy atom. The first-order valence-electron chi connectivity index (χ1n) is 11.9. The van der Waals surface area contributed by atoms with Gasteiger partial charge in [-0.1, -0.05) is 42.5 Å². The Balaban J connectivity index is 1.10. The molecule has 1 amide bonds. The topological polar surface area (TPSA) is 63.7 Å². The molecule has 2 aliphatic rings. The lowest BCUT2D eigenvalue weighted by Crippen LogP contribution is -2.66. The molecule has 0 bridgehead atoms. The van der Waals surface area contributed by atoms with Gasteiger partial charge in [0.1, 0.15) is 12.4 Å². The summed E-state index contributed by atoms with van der Waals surface area (Å²) in [4.78, 5) is 19.2. The zero-order valence-electron chi connectivity index (χ0n) is 19.6. The second kappa shape index (κ2) is 9.95. The highest BCUT2D eigenvalue weighted by molar-refractivity contribution is 5.78. The van der Waals surface area contributed by atoms with E-state index in [1.165, 1.54) is 0 Å². The highest BCUT2D eigenvalue weighted by Crippen LogP contribution is 2.37. The third-order valence-electron chi connectivity index (χ3n) is 6.62. The number of hydrogen-bond acceptors (Lipinski definition) is 5. The van der Waals surface area contributed by atoms with Crippen molar-refractivity contribution in [3.05, 3.63) is 83.7 Å². The molecular formula is C28H31N3O3. The fourth-order valence-corrected chi connectivity index (χ4v) is 4.69. The van der Waals surface area contributed by atoms with Gasteiger partial charge in [-0.05, 0) is 41.8 Å². The Hall–Kier alpha value is -3.22. The van der Waals surface area contributed by atoms with Crippen molar-refractivity contribution in [1.82, 2.24) is 15.2 Å². The number of pyridine rings is 1. The molecule has 34 heavy (non-hydrogen) atoms. The molecule has 2 aliphatic heterocycles. The molecule has 2 aromatic carbocycles. The standard InChI is InChI=1S/C28H31N3O3/c1-21-13-25(34-12-11-31-17-28(18-31)19-33-20-28)9-10-26(21)23-7-8-24(29-16-23)14-27(32)30-15-22-5-3-2-4-6-22/h2-10,13,16H,11-12,14-15,17-20H2,1H3,(H,30,32). The normalized spacial score (nSPS) is 16.5. The van der Waals surface area contributed by atoms with Crippen LogP contribution in [0.2, 0.25) is 0 Å². The maximum Gasteiger partial charge on any atom is 0.226 e. The molecule has 1 aromatic heterocycles. The van der Waals surface area contributed by atoms with Crippen LogP contribution in [-0.4, -0.2) is 55.2 Å². The lowest BCUT2D eigenvalue weighted by molar-refractivity contribution is -0.189. The van der Waals surface area contributed by atoms with E-state index in [9.17, 15) is 4.79 Å². The molecule has 0 aliphatic carbocycles. The van der Waals surface area contributed by atoms with Gasteiger partial charge in [0, 0.05) is 49.0 Å². The number of aryl methyl sites for hydroxylation is 1. The quantitative estimate of drug-likeness (QED) is 0.532. The third kappa shape index (κ3) is 5.29. The predicted molar refractivity (Wildman–Crippen MR) is 132 cm³/mol. The summed E-state index contributed by atoms with van der Waals surface area (Å²) in [5, 5.41) is 2.95. The summed E-state index contributed by atoms with van der Waals surface area (Å²) in [6.45, 7) is 8.36. The van der Waals surface area contributed by atoms with Crippen LogP contribution in [0.4, 0.5) is 0 Å². The number of carbonyl (C=O) groups excluding carboxylic acids is 1. The maximum absolute atomic E-state index is 12.3. The number of carbonyl (C=O) groups is 1. The van der Waals surface area contributed by atoms with Crippen LogP contribution in [0.5, 0.6) is 5.75 Å². The summed E-state index contributed by atoms with van der Waals surface area (Å²) < 4.78 is 11.3. The number of benzene rings is 2. The van der Waals surface area contributed by atoms with Gasteiger partial charge >= 0.3 is 0 Å². The van der Waals surface area contributed by atoms with Crippen molar-refractivity contribution in [3.63, 3.8) is 0 Å². The van der Waals surface area contributed by atoms with E-state index >= 15 is 0 Å². The number of amides is 1. The number of nitrogens with zero attached hydrogens (tertiary/aromatic N) is 2. The average molecular weight is 458 g/mol. The molecule has 0 saturated carbocycles. The second-order valence-corrected chi connectivity index (χ2v) is 9.51. The summed E-state index contributed by atoms with van der Waals surface area (Å²) in [6, 6.07) is 20.0. The number of rotatable bonds is 9. The molecule has 6 heteroatoms. The molecule has 0 atom stereocenters. The largest absolute Gasteiger partial charge is 0.492 e. The summed E-state index contributed by atoms with van der Waals surface area (Å²) in [7, 11) is 0. The van der Waals surface area contributed by atoms with Gasteiger partial charge in [0.2, 0.25) is 5.91 Å². The third-order valence-corrected chi connectivity index (χ3v) is 6.62. The monoisotopic (exact) mass is 457 g/mol. The van der Waals surface area contributed by atoms with E-state index in [-0.39, 0.29) is 12.3 Å². The fourth-order valence-electron chi connectivity index (χ4n) is 4.69. The van der Waals surface area contributed by atoms with Crippen LogP contribution in [0.25, 0.3) is 11.1 Å². The van der Waals surface area contributed by atoms with E-state index in [2.05, 4.69) is 34.3 Å². The van der Waals surface area contributed by atoms with Crippen LogP contribution in [0.3, 0.4) is 0 Å². The second-order valence-electron chi connectivity index (χ2n) is 9.51. The minimum atomic E-state index is -0.0313. The van der Waals surface area contributed by atoms with E-state index in [1.54, 1.807) is 0 Å². The van der Waals surface area contributed by atoms with Crippen molar-refractivity contribution in [2.75, 3.05) is 39.5 Å². The van der Waals surface area contributed by atoms with Crippen molar-refractivity contribution < 1.29 is 14.3 Å². The summed E-state index contributed by atoms with van der Waals surface area (Å²) in [6.07, 6.45) is 2.11. The van der Waals surface area contributed by atoms with Crippen LogP contribution >= 0.6 is 0 Å². The average Bonchev–Trinajstić information content (AvgIpc) is 2.79. The van der Waals surface area contributed by atoms with Crippen molar-refractivity contribution in [2.24, 2.45) is 5.41 Å². The van der Waals surface area contributed by atoms with Crippen molar-refractivity contribution in [3.8, 4) is 16.9 Å². The molecular weight excluding hydrogens is 426 g/mol. The highest BCUT2D eigenvalue weighted by Gasteiger charge is 2.48. The van der Waals surface area contributed by atoms with Crippen LogP contribution in [0.15, 0.2) is 66.9 Å². The van der Waals surface area contributed by atoms with E-state index in [4.69, 9.17) is 9.47 Å². The molecule has 3 aromatic rings. The smallest absolute Gasteiger partial charge is 0.226 e.